The predicted molar refractivity (Wildman–Crippen MR) is 77.7 cm³/mol. The molecular formula is C13H19ClN2O2S. The second-order valence-corrected chi connectivity index (χ2v) is 6.35. The standard InChI is InChI=1S/C13H19ClN2O2S/c1-8-9(13(14)18-16-8)7-12(17)15-10-5-3-4-6-11(10)19-2/h10-11H,3-7H2,1-2H3,(H,15,17). The molecule has 1 fully saturated rings. The highest BCUT2D eigenvalue weighted by Crippen LogP contribution is 2.27. The molecule has 4 nitrogen and oxygen atoms in total. The molecule has 0 aromatic carbocycles. The van der Waals surface area contributed by atoms with E-state index < -0.39 is 0 Å². The van der Waals surface area contributed by atoms with Crippen molar-refractivity contribution in [3.8, 4) is 0 Å². The molecule has 1 N–H and O–H groups in total. The Bertz CT molecular complexity index is 430. The van der Waals surface area contributed by atoms with E-state index in [2.05, 4.69) is 16.7 Å². The van der Waals surface area contributed by atoms with Crippen LogP contribution in [0, 0.1) is 6.92 Å². The van der Waals surface area contributed by atoms with Gasteiger partial charge < -0.3 is 9.84 Å². The van der Waals surface area contributed by atoms with Crippen LogP contribution in [0.4, 0.5) is 0 Å². The zero-order valence-electron chi connectivity index (χ0n) is 11.2. The summed E-state index contributed by atoms with van der Waals surface area (Å²) < 4.78 is 4.86. The molecule has 1 aromatic heterocycles. The number of thioether (sulfide) groups is 1. The number of aryl methyl sites for hydroxylation is 1. The number of amides is 1. The lowest BCUT2D eigenvalue weighted by Gasteiger charge is -2.30. The van der Waals surface area contributed by atoms with E-state index in [9.17, 15) is 4.79 Å². The fourth-order valence-corrected chi connectivity index (χ4v) is 3.69. The summed E-state index contributed by atoms with van der Waals surface area (Å²) in [4.78, 5) is 12.1. The minimum atomic E-state index is -0.000787. The third-order valence-corrected chi connectivity index (χ3v) is 5.09. The maximum atomic E-state index is 12.1. The molecule has 0 saturated heterocycles. The molecule has 1 aromatic rings. The molecule has 0 aliphatic heterocycles. The van der Waals surface area contributed by atoms with Gasteiger partial charge in [-0.25, -0.2) is 0 Å². The first-order valence-electron chi connectivity index (χ1n) is 6.54. The third kappa shape index (κ3) is 3.66. The predicted octanol–water partition coefficient (Wildman–Crippen LogP) is 2.97. The molecule has 0 radical (unpaired) electrons. The average Bonchev–Trinajstić information content (AvgIpc) is 2.71. The number of nitrogens with one attached hydrogen (secondary N) is 1. The van der Waals surface area contributed by atoms with Crippen molar-refractivity contribution in [1.82, 2.24) is 10.5 Å². The van der Waals surface area contributed by atoms with Crippen LogP contribution < -0.4 is 5.32 Å². The second-order valence-electron chi connectivity index (χ2n) is 4.93. The van der Waals surface area contributed by atoms with E-state index in [0.29, 0.717) is 16.5 Å². The second kappa shape index (κ2) is 6.66. The van der Waals surface area contributed by atoms with Crippen LogP contribution >= 0.6 is 23.4 Å². The van der Waals surface area contributed by atoms with Crippen LogP contribution in [-0.2, 0) is 11.2 Å². The average molecular weight is 303 g/mol. The number of aromatic nitrogens is 1. The first kappa shape index (κ1) is 14.7. The number of halogens is 1. The first-order valence-corrected chi connectivity index (χ1v) is 8.21. The molecule has 1 heterocycles. The Morgan fingerprint density at radius 2 is 2.26 bits per heavy atom. The van der Waals surface area contributed by atoms with Gasteiger partial charge in [-0.2, -0.15) is 11.8 Å². The maximum Gasteiger partial charge on any atom is 0.229 e. The van der Waals surface area contributed by atoms with Crippen LogP contribution in [0.1, 0.15) is 36.9 Å². The van der Waals surface area contributed by atoms with Crippen LogP contribution in [0.15, 0.2) is 4.52 Å². The van der Waals surface area contributed by atoms with Gasteiger partial charge in [0.2, 0.25) is 11.1 Å². The van der Waals surface area contributed by atoms with E-state index in [1.54, 1.807) is 6.92 Å². The molecule has 106 valence electrons. The molecule has 2 atom stereocenters. The number of rotatable bonds is 4. The molecule has 19 heavy (non-hydrogen) atoms. The van der Waals surface area contributed by atoms with Crippen molar-refractivity contribution in [3.63, 3.8) is 0 Å². The summed E-state index contributed by atoms with van der Waals surface area (Å²) in [7, 11) is 0. The molecular weight excluding hydrogens is 284 g/mol. The lowest BCUT2D eigenvalue weighted by molar-refractivity contribution is -0.121. The van der Waals surface area contributed by atoms with E-state index in [4.69, 9.17) is 16.1 Å². The van der Waals surface area contributed by atoms with Gasteiger partial charge in [0.15, 0.2) is 0 Å². The van der Waals surface area contributed by atoms with Gasteiger partial charge >= 0.3 is 0 Å². The lowest BCUT2D eigenvalue weighted by Crippen LogP contribution is -2.44. The molecule has 1 saturated carbocycles. The van der Waals surface area contributed by atoms with Gasteiger partial charge in [0.1, 0.15) is 0 Å². The smallest absolute Gasteiger partial charge is 0.229 e. The highest BCUT2D eigenvalue weighted by Gasteiger charge is 2.26. The number of nitrogens with zero attached hydrogens (tertiary/aromatic N) is 1. The Kier molecular flexibility index (Phi) is 5.16. The summed E-state index contributed by atoms with van der Waals surface area (Å²) >= 11 is 7.71. The molecule has 0 bridgehead atoms. The molecule has 6 heteroatoms. The van der Waals surface area contributed by atoms with Gasteiger partial charge in [-0.15, -0.1) is 0 Å². The van der Waals surface area contributed by atoms with Gasteiger partial charge in [-0.05, 0) is 37.6 Å². The van der Waals surface area contributed by atoms with Crippen molar-refractivity contribution in [2.75, 3.05) is 6.26 Å². The Labute approximate surface area is 122 Å². The highest BCUT2D eigenvalue weighted by molar-refractivity contribution is 7.99. The van der Waals surface area contributed by atoms with Crippen LogP contribution in [0.25, 0.3) is 0 Å². The third-order valence-electron chi connectivity index (χ3n) is 3.63. The summed E-state index contributed by atoms with van der Waals surface area (Å²) in [5.41, 5.74) is 1.38. The summed E-state index contributed by atoms with van der Waals surface area (Å²) in [6.45, 7) is 1.79. The molecule has 0 spiro atoms. The Morgan fingerprint density at radius 1 is 1.53 bits per heavy atom. The van der Waals surface area contributed by atoms with Gasteiger partial charge in [0.25, 0.3) is 0 Å². The fraction of sp³-hybridized carbons (Fsp3) is 0.692. The van der Waals surface area contributed by atoms with Gasteiger partial charge in [0.05, 0.1) is 12.1 Å². The minimum Gasteiger partial charge on any atom is -0.352 e. The van der Waals surface area contributed by atoms with Crippen LogP contribution in [0.3, 0.4) is 0 Å². The largest absolute Gasteiger partial charge is 0.352 e. The van der Waals surface area contributed by atoms with Gasteiger partial charge in [-0.3, -0.25) is 4.79 Å². The topological polar surface area (TPSA) is 55.1 Å². The summed E-state index contributed by atoms with van der Waals surface area (Å²) in [6.07, 6.45) is 7.04. The number of carbonyl (C=O) groups is 1. The van der Waals surface area contributed by atoms with E-state index in [1.165, 1.54) is 19.3 Å². The SMILES string of the molecule is CSC1CCCCC1NC(=O)Cc1c(C)noc1Cl. The number of carbonyl (C=O) groups excluding carboxylic acids is 1. The Balaban J connectivity index is 1.93. The van der Waals surface area contributed by atoms with Crippen LogP contribution in [-0.4, -0.2) is 28.6 Å². The number of hydrogen-bond donors (Lipinski definition) is 1. The quantitative estimate of drug-likeness (QED) is 0.929. The van der Waals surface area contributed by atoms with E-state index >= 15 is 0 Å². The zero-order chi connectivity index (χ0) is 13.8. The zero-order valence-corrected chi connectivity index (χ0v) is 12.8. The minimum absolute atomic E-state index is 0.000787. The van der Waals surface area contributed by atoms with Crippen molar-refractivity contribution >= 4 is 29.3 Å². The highest BCUT2D eigenvalue weighted by atomic mass is 35.5. The first-order chi connectivity index (χ1) is 9.11. The van der Waals surface area contributed by atoms with Crippen molar-refractivity contribution in [1.29, 1.82) is 0 Å². The summed E-state index contributed by atoms with van der Waals surface area (Å²) in [6, 6.07) is 0.273. The van der Waals surface area contributed by atoms with E-state index in [1.807, 2.05) is 11.8 Å². The van der Waals surface area contributed by atoms with Crippen molar-refractivity contribution < 1.29 is 9.32 Å². The fourth-order valence-electron chi connectivity index (χ4n) is 2.52. The van der Waals surface area contributed by atoms with Crippen molar-refractivity contribution in [2.45, 2.75) is 50.3 Å². The van der Waals surface area contributed by atoms with Crippen LogP contribution in [0.2, 0.25) is 5.22 Å². The number of hydrogen-bond acceptors (Lipinski definition) is 4. The van der Waals surface area contributed by atoms with E-state index in [-0.39, 0.29) is 23.6 Å². The van der Waals surface area contributed by atoms with Crippen LogP contribution in [0.5, 0.6) is 0 Å². The molecule has 2 rings (SSSR count). The monoisotopic (exact) mass is 302 g/mol. The molecule has 1 amide bonds. The normalized spacial score (nSPS) is 23.3. The summed E-state index contributed by atoms with van der Waals surface area (Å²) in [5, 5.41) is 7.63. The maximum absolute atomic E-state index is 12.1. The molecule has 2 unspecified atom stereocenters. The van der Waals surface area contributed by atoms with Crippen molar-refractivity contribution in [2.24, 2.45) is 0 Å². The Morgan fingerprint density at radius 3 is 2.89 bits per heavy atom. The Hall–Kier alpha value is -0.680. The molecule has 1 aliphatic rings. The van der Waals surface area contributed by atoms with Crippen molar-refractivity contribution in [3.05, 3.63) is 16.5 Å². The lowest BCUT2D eigenvalue weighted by atomic mass is 9.94. The summed E-state index contributed by atoms with van der Waals surface area (Å²) in [5.74, 6) is -0.000787. The molecule has 1 aliphatic carbocycles. The van der Waals surface area contributed by atoms with Gasteiger partial charge in [-0.1, -0.05) is 18.0 Å². The van der Waals surface area contributed by atoms with E-state index in [0.717, 1.165) is 6.42 Å². The van der Waals surface area contributed by atoms with Gasteiger partial charge in [0, 0.05) is 16.9 Å².